The summed E-state index contributed by atoms with van der Waals surface area (Å²) in [6.07, 6.45) is 6.57. The van der Waals surface area contributed by atoms with Crippen LogP contribution in [-0.4, -0.2) is 22.5 Å². The molecule has 1 aliphatic carbocycles. The van der Waals surface area contributed by atoms with Gasteiger partial charge in [-0.2, -0.15) is 16.8 Å². The first-order chi connectivity index (χ1) is 13.2. The molecule has 6 heteroatoms. The lowest BCUT2D eigenvalue weighted by molar-refractivity contribution is 0.0997. The number of halogens is 1. The van der Waals surface area contributed by atoms with Crippen molar-refractivity contribution in [1.29, 1.82) is 0 Å². The minimum atomic E-state index is -0.270. The van der Waals surface area contributed by atoms with Crippen LogP contribution in [0.3, 0.4) is 0 Å². The third kappa shape index (κ3) is 3.87. The predicted octanol–water partition coefficient (Wildman–Crippen LogP) is 4.82. The Hall–Kier alpha value is -1.92. The Kier molecular flexibility index (Phi) is 5.45. The summed E-state index contributed by atoms with van der Waals surface area (Å²) in [6, 6.07) is 10.7. The highest BCUT2D eigenvalue weighted by atomic mass is 32.2. The highest BCUT2D eigenvalue weighted by Crippen LogP contribution is 2.23. The third-order valence-corrected chi connectivity index (χ3v) is 6.59. The van der Waals surface area contributed by atoms with E-state index in [9.17, 15) is 9.18 Å². The molecular weight excluding hydrogens is 379 g/mol. The Bertz CT molecular complexity index is 1070. The van der Waals surface area contributed by atoms with E-state index >= 15 is 0 Å². The van der Waals surface area contributed by atoms with Crippen molar-refractivity contribution in [1.82, 2.24) is 4.57 Å². The first-order valence-corrected chi connectivity index (χ1v) is 11.4. The van der Waals surface area contributed by atoms with E-state index in [1.807, 2.05) is 23.0 Å². The fourth-order valence-electron chi connectivity index (χ4n) is 3.55. The van der Waals surface area contributed by atoms with Crippen molar-refractivity contribution < 1.29 is 9.18 Å². The molecule has 3 aromatic rings. The molecule has 27 heavy (non-hydrogen) atoms. The van der Waals surface area contributed by atoms with Crippen LogP contribution < -0.4 is 4.80 Å². The minimum Gasteiger partial charge on any atom is -0.316 e. The maximum Gasteiger partial charge on any atom is 0.279 e. The molecule has 4 rings (SSSR count). The summed E-state index contributed by atoms with van der Waals surface area (Å²) in [4.78, 5) is 17.9. The summed E-state index contributed by atoms with van der Waals surface area (Å²) in [7, 11) is 0. The summed E-state index contributed by atoms with van der Waals surface area (Å²) in [5.74, 6) is 0.408. The van der Waals surface area contributed by atoms with E-state index in [2.05, 4.69) is 11.1 Å². The first-order valence-electron chi connectivity index (χ1n) is 9.14. The number of carbonyl (C=O) groups is 1. The van der Waals surface area contributed by atoms with Crippen molar-refractivity contribution in [2.75, 3.05) is 12.0 Å². The van der Waals surface area contributed by atoms with E-state index in [4.69, 9.17) is 0 Å². The van der Waals surface area contributed by atoms with Gasteiger partial charge in [0.25, 0.3) is 5.91 Å². The Morgan fingerprint density at radius 2 is 2.00 bits per heavy atom. The number of fused-ring (bicyclic) bond motifs is 2. The fourth-order valence-corrected chi connectivity index (χ4v) is 4.99. The number of thioether (sulfide) groups is 1. The van der Waals surface area contributed by atoms with E-state index in [0.29, 0.717) is 10.4 Å². The van der Waals surface area contributed by atoms with Crippen LogP contribution in [0.15, 0.2) is 41.4 Å². The van der Waals surface area contributed by atoms with Crippen LogP contribution >= 0.6 is 23.1 Å². The van der Waals surface area contributed by atoms with Crippen molar-refractivity contribution in [3.8, 4) is 0 Å². The summed E-state index contributed by atoms with van der Waals surface area (Å²) < 4.78 is 16.4. The number of carbonyl (C=O) groups excluding carboxylic acids is 1. The number of hydrogen-bond acceptors (Lipinski definition) is 3. The number of amides is 1. The van der Waals surface area contributed by atoms with Gasteiger partial charge < -0.3 is 4.57 Å². The molecule has 0 spiro atoms. The molecule has 0 atom stereocenters. The average Bonchev–Trinajstić information content (AvgIpc) is 3.01. The lowest BCUT2D eigenvalue weighted by atomic mass is 9.90. The van der Waals surface area contributed by atoms with Crippen LogP contribution in [0, 0.1) is 5.82 Å². The van der Waals surface area contributed by atoms with E-state index in [0.717, 1.165) is 35.4 Å². The van der Waals surface area contributed by atoms with E-state index in [-0.39, 0.29) is 11.7 Å². The summed E-state index contributed by atoms with van der Waals surface area (Å²) in [6.45, 7) is 0.739. The molecule has 0 saturated carbocycles. The molecule has 0 bridgehead atoms. The normalized spacial score (nSPS) is 14.5. The van der Waals surface area contributed by atoms with E-state index in [1.54, 1.807) is 17.8 Å². The van der Waals surface area contributed by atoms with Gasteiger partial charge >= 0.3 is 0 Å². The number of aryl methyl sites for hydroxylation is 3. The number of benzene rings is 2. The SMILES string of the molecule is CSCCn1c(=NC(=O)c2ccc3c(c2)CCCC3)sc2cc(F)ccc21. The second-order valence-corrected chi connectivity index (χ2v) is 8.74. The van der Waals surface area contributed by atoms with Gasteiger partial charge in [0, 0.05) is 17.9 Å². The molecule has 0 radical (unpaired) electrons. The van der Waals surface area contributed by atoms with Crippen molar-refractivity contribution in [3.63, 3.8) is 0 Å². The maximum absolute atomic E-state index is 13.6. The number of rotatable bonds is 4. The third-order valence-electron chi connectivity index (χ3n) is 4.96. The second kappa shape index (κ2) is 7.98. The largest absolute Gasteiger partial charge is 0.316 e. The molecule has 140 valence electrons. The second-order valence-electron chi connectivity index (χ2n) is 6.75. The van der Waals surface area contributed by atoms with Crippen molar-refractivity contribution in [2.24, 2.45) is 4.99 Å². The molecule has 1 aliphatic rings. The predicted molar refractivity (Wildman–Crippen MR) is 111 cm³/mol. The fraction of sp³-hybridized carbons (Fsp3) is 0.333. The molecule has 1 heterocycles. The molecule has 0 aliphatic heterocycles. The maximum atomic E-state index is 13.6. The van der Waals surface area contributed by atoms with Gasteiger partial charge in [-0.25, -0.2) is 4.39 Å². The van der Waals surface area contributed by atoms with Gasteiger partial charge in [0.2, 0.25) is 0 Å². The minimum absolute atomic E-state index is 0.228. The lowest BCUT2D eigenvalue weighted by Crippen LogP contribution is -2.18. The number of aromatic nitrogens is 1. The highest BCUT2D eigenvalue weighted by Gasteiger charge is 2.14. The van der Waals surface area contributed by atoms with E-state index < -0.39 is 0 Å². The smallest absolute Gasteiger partial charge is 0.279 e. The number of nitrogens with zero attached hydrogens (tertiary/aromatic N) is 2. The summed E-state index contributed by atoms with van der Waals surface area (Å²) >= 11 is 3.10. The average molecular weight is 401 g/mol. The Morgan fingerprint density at radius 3 is 2.81 bits per heavy atom. The zero-order valence-corrected chi connectivity index (χ0v) is 16.8. The van der Waals surface area contributed by atoms with Gasteiger partial charge in [0.15, 0.2) is 4.80 Å². The van der Waals surface area contributed by atoms with Crippen molar-refractivity contribution >= 4 is 39.2 Å². The van der Waals surface area contributed by atoms with Crippen molar-refractivity contribution in [2.45, 2.75) is 32.2 Å². The standard InChI is InChI=1S/C21H21FN2OS2/c1-26-11-10-24-18-9-8-17(22)13-19(18)27-21(24)23-20(25)16-7-6-14-4-2-3-5-15(14)12-16/h6-9,12-13H,2-5,10-11H2,1H3. The van der Waals surface area contributed by atoms with Crippen molar-refractivity contribution in [3.05, 3.63) is 63.7 Å². The van der Waals surface area contributed by atoms with Crippen LogP contribution in [0.4, 0.5) is 4.39 Å². The van der Waals surface area contributed by atoms with Crippen LogP contribution in [-0.2, 0) is 19.4 Å². The zero-order valence-electron chi connectivity index (χ0n) is 15.2. The molecule has 2 aromatic carbocycles. The van der Waals surface area contributed by atoms with Crippen LogP contribution in [0.1, 0.15) is 34.3 Å². The summed E-state index contributed by atoms with van der Waals surface area (Å²) in [5.41, 5.74) is 4.18. The van der Waals surface area contributed by atoms with Gasteiger partial charge in [-0.3, -0.25) is 4.79 Å². The molecule has 0 fully saturated rings. The quantitative estimate of drug-likeness (QED) is 0.629. The molecular formula is C21H21FN2OS2. The first kappa shape index (κ1) is 18.4. The lowest BCUT2D eigenvalue weighted by Gasteiger charge is -2.15. The topological polar surface area (TPSA) is 34.4 Å². The molecule has 0 N–H and O–H groups in total. The van der Waals surface area contributed by atoms with Gasteiger partial charge in [0.1, 0.15) is 5.82 Å². The van der Waals surface area contributed by atoms with Gasteiger partial charge in [0.05, 0.1) is 10.2 Å². The van der Waals surface area contributed by atoms with Gasteiger partial charge in [-0.15, -0.1) is 0 Å². The molecule has 3 nitrogen and oxygen atoms in total. The highest BCUT2D eigenvalue weighted by molar-refractivity contribution is 7.98. The Balaban J connectivity index is 1.76. The number of hydrogen-bond donors (Lipinski definition) is 0. The number of thiazole rings is 1. The Morgan fingerprint density at radius 1 is 1.19 bits per heavy atom. The van der Waals surface area contributed by atoms with Gasteiger partial charge in [-0.05, 0) is 73.4 Å². The Labute approximate surface area is 165 Å². The molecule has 0 unspecified atom stereocenters. The zero-order chi connectivity index (χ0) is 18.8. The molecule has 0 saturated heterocycles. The van der Waals surface area contributed by atoms with E-state index in [1.165, 1.54) is 47.4 Å². The van der Waals surface area contributed by atoms with Crippen LogP contribution in [0.25, 0.3) is 10.2 Å². The molecule has 1 aromatic heterocycles. The van der Waals surface area contributed by atoms with Crippen LogP contribution in [0.5, 0.6) is 0 Å². The van der Waals surface area contributed by atoms with Crippen LogP contribution in [0.2, 0.25) is 0 Å². The van der Waals surface area contributed by atoms with Gasteiger partial charge in [-0.1, -0.05) is 17.4 Å². The monoisotopic (exact) mass is 400 g/mol. The summed E-state index contributed by atoms with van der Waals surface area (Å²) in [5, 5.41) is 0. The molecule has 1 amide bonds.